The maximum Gasteiger partial charge on any atom is 0.0992 e. The highest BCUT2D eigenvalue weighted by Gasteiger charge is 2.09. The Labute approximate surface area is 121 Å². The summed E-state index contributed by atoms with van der Waals surface area (Å²) in [5, 5.41) is 16.7. The Balaban J connectivity index is 2.19. The zero-order chi connectivity index (χ0) is 14.0. The topological polar surface area (TPSA) is 53.6 Å². The van der Waals surface area contributed by atoms with Crippen molar-refractivity contribution < 1.29 is 0 Å². The molecule has 2 rings (SSSR count). The summed E-state index contributed by atoms with van der Waals surface area (Å²) < 4.78 is 2.78. The van der Waals surface area contributed by atoms with Crippen LogP contribution in [0.1, 0.15) is 22.5 Å². The number of nitrogens with one attached hydrogen (secondary N) is 1. The number of aromatic nitrogens is 2. The van der Waals surface area contributed by atoms with Crippen molar-refractivity contribution in [2.45, 2.75) is 20.4 Å². The Morgan fingerprint density at radius 2 is 2.11 bits per heavy atom. The Hall–Kier alpha value is -1.80. The third-order valence-electron chi connectivity index (χ3n) is 3.16. The minimum Gasteiger partial charge on any atom is -0.381 e. The van der Waals surface area contributed by atoms with E-state index >= 15 is 0 Å². The molecule has 98 valence electrons. The molecular weight excluding hydrogens is 304 g/mol. The molecule has 19 heavy (non-hydrogen) atoms. The molecule has 1 aromatic heterocycles. The van der Waals surface area contributed by atoms with Crippen LogP contribution in [0.15, 0.2) is 22.7 Å². The summed E-state index contributed by atoms with van der Waals surface area (Å²) in [4.78, 5) is 0. The second-order valence-corrected chi connectivity index (χ2v) is 5.38. The van der Waals surface area contributed by atoms with Gasteiger partial charge in [-0.15, -0.1) is 0 Å². The Morgan fingerprint density at radius 3 is 2.68 bits per heavy atom. The summed E-state index contributed by atoms with van der Waals surface area (Å²) in [5.41, 5.74) is 4.94. The highest BCUT2D eigenvalue weighted by Crippen LogP contribution is 2.21. The van der Waals surface area contributed by atoms with Crippen LogP contribution in [-0.2, 0) is 13.6 Å². The highest BCUT2D eigenvalue weighted by molar-refractivity contribution is 9.10. The number of aryl methyl sites for hydroxylation is 2. The predicted octanol–water partition coefficient (Wildman–Crippen LogP) is 3.28. The number of nitrogens with zero attached hydrogens (tertiary/aromatic N) is 3. The Bertz CT molecular complexity index is 652. The van der Waals surface area contributed by atoms with Gasteiger partial charge in [-0.05, 0) is 32.0 Å². The third-order valence-corrected chi connectivity index (χ3v) is 3.61. The largest absolute Gasteiger partial charge is 0.381 e. The summed E-state index contributed by atoms with van der Waals surface area (Å²) in [7, 11) is 1.94. The molecule has 0 spiro atoms. The monoisotopic (exact) mass is 318 g/mol. The number of hydrogen-bond acceptors (Lipinski definition) is 3. The first-order valence-corrected chi connectivity index (χ1v) is 6.74. The van der Waals surface area contributed by atoms with Gasteiger partial charge >= 0.3 is 0 Å². The molecule has 0 amide bonds. The van der Waals surface area contributed by atoms with Gasteiger partial charge in [0.25, 0.3) is 0 Å². The van der Waals surface area contributed by atoms with Crippen molar-refractivity contribution in [1.82, 2.24) is 9.78 Å². The van der Waals surface area contributed by atoms with Gasteiger partial charge < -0.3 is 5.32 Å². The van der Waals surface area contributed by atoms with Crippen LogP contribution in [0.3, 0.4) is 0 Å². The van der Waals surface area contributed by atoms with E-state index in [1.165, 1.54) is 5.56 Å². The van der Waals surface area contributed by atoms with Crippen molar-refractivity contribution in [3.63, 3.8) is 0 Å². The highest BCUT2D eigenvalue weighted by atomic mass is 79.9. The maximum atomic E-state index is 8.95. The van der Waals surface area contributed by atoms with Gasteiger partial charge in [-0.1, -0.05) is 15.9 Å². The average molecular weight is 319 g/mol. The van der Waals surface area contributed by atoms with Gasteiger partial charge in [0.05, 0.1) is 17.3 Å². The molecule has 0 bridgehead atoms. The van der Waals surface area contributed by atoms with Crippen LogP contribution in [0.25, 0.3) is 0 Å². The molecule has 0 saturated heterocycles. The van der Waals surface area contributed by atoms with Crippen LogP contribution < -0.4 is 5.32 Å². The minimum atomic E-state index is 0.636. The molecule has 0 unspecified atom stereocenters. The SMILES string of the molecule is Cc1nn(C)c(C)c1CNc1cc(Br)cc(C#N)c1. The lowest BCUT2D eigenvalue weighted by Gasteiger charge is -2.08. The van der Waals surface area contributed by atoms with Crippen molar-refractivity contribution in [2.24, 2.45) is 7.05 Å². The predicted molar refractivity (Wildman–Crippen MR) is 78.9 cm³/mol. The van der Waals surface area contributed by atoms with E-state index in [-0.39, 0.29) is 0 Å². The molecule has 0 fully saturated rings. The van der Waals surface area contributed by atoms with Crippen molar-refractivity contribution in [2.75, 3.05) is 5.32 Å². The summed E-state index contributed by atoms with van der Waals surface area (Å²) in [6.45, 7) is 4.76. The van der Waals surface area contributed by atoms with Gasteiger partial charge in [0, 0.05) is 35.0 Å². The number of anilines is 1. The van der Waals surface area contributed by atoms with E-state index in [1.807, 2.05) is 30.8 Å². The quantitative estimate of drug-likeness (QED) is 0.944. The van der Waals surface area contributed by atoms with Crippen molar-refractivity contribution in [3.05, 3.63) is 45.2 Å². The summed E-state index contributed by atoms with van der Waals surface area (Å²) in [6, 6.07) is 7.74. The maximum absolute atomic E-state index is 8.95. The molecule has 2 aromatic rings. The van der Waals surface area contributed by atoms with Gasteiger partial charge in [-0.2, -0.15) is 10.4 Å². The van der Waals surface area contributed by atoms with E-state index in [1.54, 1.807) is 6.07 Å². The van der Waals surface area contributed by atoms with Crippen LogP contribution in [0.5, 0.6) is 0 Å². The molecule has 0 saturated carbocycles. The minimum absolute atomic E-state index is 0.636. The number of hydrogen-bond donors (Lipinski definition) is 1. The van der Waals surface area contributed by atoms with Crippen molar-refractivity contribution in [1.29, 1.82) is 5.26 Å². The first-order chi connectivity index (χ1) is 9.01. The fraction of sp³-hybridized carbons (Fsp3) is 0.286. The van der Waals surface area contributed by atoms with Gasteiger partial charge in [-0.3, -0.25) is 4.68 Å². The molecule has 4 nitrogen and oxygen atoms in total. The summed E-state index contributed by atoms with van der Waals surface area (Å²) in [5.74, 6) is 0. The van der Waals surface area contributed by atoms with Gasteiger partial charge in [0.2, 0.25) is 0 Å². The van der Waals surface area contributed by atoms with Crippen LogP contribution >= 0.6 is 15.9 Å². The average Bonchev–Trinajstić information content (AvgIpc) is 2.60. The van der Waals surface area contributed by atoms with Gasteiger partial charge in [0.1, 0.15) is 0 Å². The van der Waals surface area contributed by atoms with E-state index in [0.717, 1.165) is 21.5 Å². The molecule has 0 aliphatic rings. The summed E-state index contributed by atoms with van der Waals surface area (Å²) >= 11 is 3.41. The number of halogens is 1. The van der Waals surface area contributed by atoms with Gasteiger partial charge in [0.15, 0.2) is 0 Å². The number of benzene rings is 1. The first kappa shape index (κ1) is 13.6. The van der Waals surface area contributed by atoms with Crippen molar-refractivity contribution in [3.8, 4) is 6.07 Å². The van der Waals surface area contributed by atoms with Crippen LogP contribution in [0, 0.1) is 25.2 Å². The molecular formula is C14H15BrN4. The van der Waals surface area contributed by atoms with Crippen LogP contribution in [-0.4, -0.2) is 9.78 Å². The zero-order valence-electron chi connectivity index (χ0n) is 11.2. The third kappa shape index (κ3) is 2.96. The zero-order valence-corrected chi connectivity index (χ0v) is 12.7. The lowest BCUT2D eigenvalue weighted by Crippen LogP contribution is -2.02. The number of nitriles is 1. The fourth-order valence-corrected chi connectivity index (χ4v) is 2.51. The molecule has 0 radical (unpaired) electrons. The van der Waals surface area contributed by atoms with E-state index in [9.17, 15) is 0 Å². The number of rotatable bonds is 3. The van der Waals surface area contributed by atoms with Crippen LogP contribution in [0.4, 0.5) is 5.69 Å². The Morgan fingerprint density at radius 1 is 1.37 bits per heavy atom. The van der Waals surface area contributed by atoms with Gasteiger partial charge in [-0.25, -0.2) is 0 Å². The molecule has 0 aliphatic heterocycles. The second kappa shape index (κ2) is 5.45. The molecule has 1 aromatic carbocycles. The normalized spacial score (nSPS) is 10.3. The smallest absolute Gasteiger partial charge is 0.0992 e. The molecule has 0 aliphatic carbocycles. The first-order valence-electron chi connectivity index (χ1n) is 5.95. The lowest BCUT2D eigenvalue weighted by molar-refractivity contribution is 0.730. The second-order valence-electron chi connectivity index (χ2n) is 4.47. The molecule has 1 N–H and O–H groups in total. The molecule has 0 atom stereocenters. The van der Waals surface area contributed by atoms with E-state index in [2.05, 4.69) is 39.3 Å². The fourth-order valence-electron chi connectivity index (χ4n) is 2.02. The lowest BCUT2D eigenvalue weighted by atomic mass is 10.2. The standard InChI is InChI=1S/C14H15BrN4/c1-9-14(10(2)19(3)18-9)8-17-13-5-11(7-16)4-12(15)6-13/h4-6,17H,8H2,1-3H3. The Kier molecular flexibility index (Phi) is 3.91. The molecule has 5 heteroatoms. The van der Waals surface area contributed by atoms with E-state index in [0.29, 0.717) is 12.1 Å². The summed E-state index contributed by atoms with van der Waals surface area (Å²) in [6.07, 6.45) is 0. The van der Waals surface area contributed by atoms with E-state index in [4.69, 9.17) is 5.26 Å². The van der Waals surface area contributed by atoms with Crippen molar-refractivity contribution >= 4 is 21.6 Å². The molecule has 1 heterocycles. The van der Waals surface area contributed by atoms with E-state index < -0.39 is 0 Å². The van der Waals surface area contributed by atoms with Crippen LogP contribution in [0.2, 0.25) is 0 Å².